The Morgan fingerprint density at radius 1 is 1.02 bits per heavy atom. The molecule has 4 rings (SSSR count). The summed E-state index contributed by atoms with van der Waals surface area (Å²) in [7, 11) is 0. The van der Waals surface area contributed by atoms with Crippen LogP contribution in [0.15, 0.2) is 77.9 Å². The van der Waals surface area contributed by atoms with Gasteiger partial charge in [-0.2, -0.15) is 14.8 Å². The maximum absolute atomic E-state index is 12.6. The van der Waals surface area contributed by atoms with Gasteiger partial charge in [0, 0.05) is 29.8 Å². The number of anilines is 2. The molecule has 3 N–H and O–H groups in total. The van der Waals surface area contributed by atoms with E-state index in [1.807, 2.05) is 49.4 Å². The number of para-hydroxylation sites is 1. The quantitative estimate of drug-likeness (QED) is 0.0962. The van der Waals surface area contributed by atoms with E-state index in [0.29, 0.717) is 28.1 Å². The molecule has 9 nitrogen and oxygen atoms in total. The summed E-state index contributed by atoms with van der Waals surface area (Å²) in [5.74, 6) is 0.0701. The monoisotopic (exact) mass is 623 g/mol. The van der Waals surface area contributed by atoms with Crippen LogP contribution in [0.4, 0.5) is 24.8 Å². The molecule has 3 aromatic carbocycles. The number of nitrogens with one attached hydrogen (secondary N) is 3. The topological polar surface area (TPSA) is 105 Å². The van der Waals surface area contributed by atoms with Crippen LogP contribution in [0.5, 0.6) is 5.75 Å². The highest BCUT2D eigenvalue weighted by Gasteiger charge is 2.31. The molecule has 0 spiro atoms. The summed E-state index contributed by atoms with van der Waals surface area (Å²) in [5.41, 5.74) is 6.98. The number of alkyl halides is 3. The molecule has 4 aromatic rings. The molecule has 0 saturated heterocycles. The lowest BCUT2D eigenvalue weighted by Crippen LogP contribution is -2.24. The van der Waals surface area contributed by atoms with Gasteiger partial charge >= 0.3 is 6.36 Å². The molecular weight excluding hydrogens is 591 g/mol. The number of rotatable bonds is 10. The SMILES string of the molecule is CCC(=O)Nc1nc(-c2ccc(C(C)/C=N/NC(=S)Nc3ccccc3C(C)C)cc2)nn1-c1ccc(OC(F)(F)F)cc1. The third-order valence-corrected chi connectivity index (χ3v) is 6.68. The smallest absolute Gasteiger partial charge is 0.406 e. The Hall–Kier alpha value is -4.78. The van der Waals surface area contributed by atoms with Gasteiger partial charge in [-0.3, -0.25) is 15.5 Å². The minimum atomic E-state index is -4.81. The van der Waals surface area contributed by atoms with E-state index >= 15 is 0 Å². The molecule has 0 radical (unpaired) electrons. The van der Waals surface area contributed by atoms with Crippen LogP contribution in [-0.2, 0) is 4.79 Å². The molecule has 0 aliphatic rings. The van der Waals surface area contributed by atoms with Crippen molar-refractivity contribution in [1.29, 1.82) is 0 Å². The first kappa shape index (κ1) is 32.1. The molecule has 0 bridgehead atoms. The van der Waals surface area contributed by atoms with Crippen LogP contribution in [0.3, 0.4) is 0 Å². The first-order chi connectivity index (χ1) is 20.9. The second kappa shape index (κ2) is 14.1. The number of thiocarbonyl (C=S) groups is 1. The van der Waals surface area contributed by atoms with Crippen LogP contribution in [0, 0.1) is 0 Å². The van der Waals surface area contributed by atoms with Crippen LogP contribution >= 0.6 is 12.2 Å². The van der Waals surface area contributed by atoms with E-state index in [4.69, 9.17) is 12.2 Å². The normalized spacial score (nSPS) is 12.3. The fourth-order valence-corrected chi connectivity index (χ4v) is 4.35. The van der Waals surface area contributed by atoms with E-state index in [9.17, 15) is 18.0 Å². The van der Waals surface area contributed by atoms with Crippen molar-refractivity contribution in [3.63, 3.8) is 0 Å². The van der Waals surface area contributed by atoms with E-state index in [2.05, 4.69) is 55.9 Å². The summed E-state index contributed by atoms with van der Waals surface area (Å²) in [6, 6.07) is 20.6. The number of hydrogen-bond acceptors (Lipinski definition) is 6. The van der Waals surface area contributed by atoms with Crippen LogP contribution in [0.1, 0.15) is 57.1 Å². The van der Waals surface area contributed by atoms with Crippen LogP contribution in [0.2, 0.25) is 0 Å². The summed E-state index contributed by atoms with van der Waals surface area (Å²) < 4.78 is 43.0. The number of benzene rings is 3. The second-order valence-electron chi connectivity index (χ2n) is 10.1. The molecular formula is C31H32F3N7O2S. The van der Waals surface area contributed by atoms with Crippen molar-refractivity contribution < 1.29 is 22.7 Å². The van der Waals surface area contributed by atoms with Crippen molar-refractivity contribution in [3.8, 4) is 22.8 Å². The van der Waals surface area contributed by atoms with Gasteiger partial charge in [-0.25, -0.2) is 0 Å². The maximum atomic E-state index is 12.6. The highest BCUT2D eigenvalue weighted by Crippen LogP contribution is 2.27. The molecule has 1 aromatic heterocycles. The fourth-order valence-electron chi connectivity index (χ4n) is 4.19. The van der Waals surface area contributed by atoms with Gasteiger partial charge < -0.3 is 10.1 Å². The molecule has 0 fully saturated rings. The number of carbonyl (C=O) groups is 1. The Morgan fingerprint density at radius 2 is 1.70 bits per heavy atom. The summed E-state index contributed by atoms with van der Waals surface area (Å²) in [6.07, 6.45) is -2.86. The van der Waals surface area contributed by atoms with E-state index in [1.165, 1.54) is 16.8 Å². The first-order valence-electron chi connectivity index (χ1n) is 13.9. The molecule has 1 unspecified atom stereocenters. The summed E-state index contributed by atoms with van der Waals surface area (Å²) in [4.78, 5) is 16.6. The molecule has 44 heavy (non-hydrogen) atoms. The average Bonchev–Trinajstić information content (AvgIpc) is 3.40. The zero-order valence-corrected chi connectivity index (χ0v) is 25.3. The zero-order valence-electron chi connectivity index (χ0n) is 24.5. The number of halogens is 3. The van der Waals surface area contributed by atoms with Crippen molar-refractivity contribution in [2.24, 2.45) is 5.10 Å². The number of amides is 1. The molecule has 0 saturated carbocycles. The van der Waals surface area contributed by atoms with Gasteiger partial charge in [0.05, 0.1) is 5.69 Å². The van der Waals surface area contributed by atoms with E-state index in [1.54, 1.807) is 13.1 Å². The molecule has 1 atom stereocenters. The van der Waals surface area contributed by atoms with Gasteiger partial charge in [0.25, 0.3) is 0 Å². The molecule has 1 heterocycles. The Balaban J connectivity index is 1.45. The van der Waals surface area contributed by atoms with Crippen LogP contribution < -0.4 is 20.8 Å². The lowest BCUT2D eigenvalue weighted by atomic mass is 10.0. The van der Waals surface area contributed by atoms with E-state index in [-0.39, 0.29) is 29.9 Å². The van der Waals surface area contributed by atoms with Gasteiger partial charge in [-0.15, -0.1) is 18.3 Å². The van der Waals surface area contributed by atoms with Gasteiger partial charge in [0.2, 0.25) is 11.9 Å². The number of hydrazone groups is 1. The van der Waals surface area contributed by atoms with E-state index < -0.39 is 6.36 Å². The second-order valence-corrected chi connectivity index (χ2v) is 10.5. The standard InChI is InChI=1S/C31H32F3N7O2S/c1-5-27(42)37-29-38-28(40-41(29)23-14-16-24(17-15-23)43-31(32,33)34)22-12-10-21(11-13-22)20(4)18-35-39-30(44)36-26-9-7-6-8-25(26)19(2)3/h6-20H,5H2,1-4H3,(H2,36,39,44)(H,37,38,40,42)/b35-18+. The highest BCUT2D eigenvalue weighted by molar-refractivity contribution is 7.80. The van der Waals surface area contributed by atoms with Crippen LogP contribution in [0.25, 0.3) is 17.1 Å². The third-order valence-electron chi connectivity index (χ3n) is 6.48. The Bertz CT molecular complexity index is 1620. The number of nitrogens with zero attached hydrogens (tertiary/aromatic N) is 4. The number of hydrogen-bond donors (Lipinski definition) is 3. The lowest BCUT2D eigenvalue weighted by molar-refractivity contribution is -0.274. The van der Waals surface area contributed by atoms with Gasteiger partial charge in [-0.1, -0.05) is 70.2 Å². The Morgan fingerprint density at radius 3 is 2.34 bits per heavy atom. The predicted molar refractivity (Wildman–Crippen MR) is 169 cm³/mol. The largest absolute Gasteiger partial charge is 0.573 e. The minimum Gasteiger partial charge on any atom is -0.406 e. The molecule has 0 aliphatic heterocycles. The summed E-state index contributed by atoms with van der Waals surface area (Å²) in [6.45, 7) is 7.91. The summed E-state index contributed by atoms with van der Waals surface area (Å²) >= 11 is 5.40. The number of aromatic nitrogens is 3. The van der Waals surface area contributed by atoms with Crippen molar-refractivity contribution in [3.05, 3.63) is 83.9 Å². The van der Waals surface area contributed by atoms with Crippen molar-refractivity contribution >= 4 is 41.1 Å². The molecule has 0 aliphatic carbocycles. The van der Waals surface area contributed by atoms with Crippen molar-refractivity contribution in [2.75, 3.05) is 10.6 Å². The van der Waals surface area contributed by atoms with E-state index in [0.717, 1.165) is 28.9 Å². The lowest BCUT2D eigenvalue weighted by Gasteiger charge is -2.14. The predicted octanol–water partition coefficient (Wildman–Crippen LogP) is 7.38. The van der Waals surface area contributed by atoms with Gasteiger partial charge in [-0.05, 0) is 59.6 Å². The highest BCUT2D eigenvalue weighted by atomic mass is 32.1. The number of carbonyl (C=O) groups excluding carboxylic acids is 1. The number of ether oxygens (including phenoxy) is 1. The Labute approximate surface area is 258 Å². The average molecular weight is 624 g/mol. The van der Waals surface area contributed by atoms with Crippen molar-refractivity contribution in [2.45, 2.75) is 52.3 Å². The minimum absolute atomic E-state index is 0.0512. The van der Waals surface area contributed by atoms with Gasteiger partial charge in [0.1, 0.15) is 5.75 Å². The molecule has 1 amide bonds. The fraction of sp³-hybridized carbons (Fsp3) is 0.258. The maximum Gasteiger partial charge on any atom is 0.573 e. The van der Waals surface area contributed by atoms with Crippen LogP contribution in [-0.4, -0.2) is 38.4 Å². The molecule has 13 heteroatoms. The molecule has 230 valence electrons. The summed E-state index contributed by atoms with van der Waals surface area (Å²) in [5, 5.41) is 15.1. The van der Waals surface area contributed by atoms with Crippen molar-refractivity contribution in [1.82, 2.24) is 20.2 Å². The Kier molecular flexibility index (Phi) is 10.3. The third kappa shape index (κ3) is 8.63. The first-order valence-corrected chi connectivity index (χ1v) is 14.3. The zero-order chi connectivity index (χ0) is 31.9. The van der Waals surface area contributed by atoms with Gasteiger partial charge in [0.15, 0.2) is 10.9 Å².